The quantitative estimate of drug-likeness (QED) is 0.590. The van der Waals surface area contributed by atoms with Crippen LogP contribution < -0.4 is 10.6 Å². The number of ketones is 1. The van der Waals surface area contributed by atoms with E-state index in [1.54, 1.807) is 38.1 Å². The predicted molar refractivity (Wildman–Crippen MR) is 90.4 cm³/mol. The van der Waals surface area contributed by atoms with Crippen LogP contribution in [0.4, 0.5) is 5.69 Å². The SMILES string of the molecule is CC(=O)c1ccc(NC(=O)C(C)(C)C(=O)NCCN(C)C)cc1. The minimum atomic E-state index is -1.19. The second-order valence-electron chi connectivity index (χ2n) is 6.27. The summed E-state index contributed by atoms with van der Waals surface area (Å²) in [5, 5.41) is 5.47. The molecule has 0 aliphatic carbocycles. The first kappa shape index (κ1) is 18.8. The molecule has 0 spiro atoms. The van der Waals surface area contributed by atoms with Gasteiger partial charge in [-0.1, -0.05) is 0 Å². The number of carbonyl (C=O) groups is 3. The summed E-state index contributed by atoms with van der Waals surface area (Å²) in [6, 6.07) is 6.58. The number of hydrogen-bond donors (Lipinski definition) is 2. The van der Waals surface area contributed by atoms with Crippen LogP contribution in [0.15, 0.2) is 24.3 Å². The van der Waals surface area contributed by atoms with Gasteiger partial charge in [-0.05, 0) is 59.1 Å². The predicted octanol–water partition coefficient (Wildman–Crippen LogP) is 1.53. The van der Waals surface area contributed by atoms with Crippen molar-refractivity contribution in [1.29, 1.82) is 0 Å². The average Bonchev–Trinajstić information content (AvgIpc) is 2.47. The minimum Gasteiger partial charge on any atom is -0.354 e. The Labute approximate surface area is 137 Å². The standard InChI is InChI=1S/C17H25N3O3/c1-12(21)13-6-8-14(9-7-13)19-16(23)17(2,3)15(22)18-10-11-20(4)5/h6-9H,10-11H2,1-5H3,(H,18,22)(H,19,23). The molecule has 0 heterocycles. The van der Waals surface area contributed by atoms with E-state index in [4.69, 9.17) is 0 Å². The molecule has 23 heavy (non-hydrogen) atoms. The molecule has 0 radical (unpaired) electrons. The van der Waals surface area contributed by atoms with Crippen LogP contribution in [0.5, 0.6) is 0 Å². The maximum Gasteiger partial charge on any atom is 0.239 e. The Balaban J connectivity index is 2.67. The number of nitrogens with zero attached hydrogens (tertiary/aromatic N) is 1. The highest BCUT2D eigenvalue weighted by atomic mass is 16.2. The number of likely N-dealkylation sites (N-methyl/N-ethyl adjacent to an activating group) is 1. The molecule has 0 bridgehead atoms. The molecule has 0 saturated heterocycles. The lowest BCUT2D eigenvalue weighted by Gasteiger charge is -2.23. The number of rotatable bonds is 7. The van der Waals surface area contributed by atoms with Crippen molar-refractivity contribution in [3.63, 3.8) is 0 Å². The average molecular weight is 319 g/mol. The van der Waals surface area contributed by atoms with Gasteiger partial charge in [-0.15, -0.1) is 0 Å². The Hall–Kier alpha value is -2.21. The highest BCUT2D eigenvalue weighted by molar-refractivity contribution is 6.10. The second-order valence-corrected chi connectivity index (χ2v) is 6.27. The fourth-order valence-corrected chi connectivity index (χ4v) is 1.79. The van der Waals surface area contributed by atoms with Gasteiger partial charge >= 0.3 is 0 Å². The third kappa shape index (κ3) is 5.49. The Bertz CT molecular complexity index is 577. The fourth-order valence-electron chi connectivity index (χ4n) is 1.79. The van der Waals surface area contributed by atoms with Gasteiger partial charge in [0.25, 0.3) is 0 Å². The topological polar surface area (TPSA) is 78.5 Å². The molecule has 2 N–H and O–H groups in total. The molecule has 0 aliphatic rings. The Morgan fingerprint density at radius 3 is 2.09 bits per heavy atom. The zero-order valence-corrected chi connectivity index (χ0v) is 14.4. The molecule has 0 aliphatic heterocycles. The van der Waals surface area contributed by atoms with Gasteiger partial charge in [0.15, 0.2) is 5.78 Å². The van der Waals surface area contributed by atoms with Gasteiger partial charge < -0.3 is 15.5 Å². The number of amides is 2. The Kier molecular flexibility index (Phi) is 6.45. The molecule has 0 fully saturated rings. The largest absolute Gasteiger partial charge is 0.354 e. The lowest BCUT2D eigenvalue weighted by molar-refractivity contribution is -0.138. The zero-order valence-electron chi connectivity index (χ0n) is 14.4. The third-order valence-corrected chi connectivity index (χ3v) is 3.53. The van der Waals surface area contributed by atoms with Crippen LogP contribution in [0.25, 0.3) is 0 Å². The zero-order chi connectivity index (χ0) is 17.6. The van der Waals surface area contributed by atoms with E-state index in [0.717, 1.165) is 0 Å². The molecule has 0 saturated carbocycles. The molecule has 0 aromatic heterocycles. The van der Waals surface area contributed by atoms with Crippen molar-refractivity contribution in [3.8, 4) is 0 Å². The molecular weight excluding hydrogens is 294 g/mol. The molecule has 1 aromatic rings. The Morgan fingerprint density at radius 1 is 1.04 bits per heavy atom. The summed E-state index contributed by atoms with van der Waals surface area (Å²) < 4.78 is 0. The van der Waals surface area contributed by atoms with Gasteiger partial charge in [-0.2, -0.15) is 0 Å². The molecular formula is C17H25N3O3. The first-order valence-corrected chi connectivity index (χ1v) is 7.50. The van der Waals surface area contributed by atoms with E-state index < -0.39 is 11.3 Å². The summed E-state index contributed by atoms with van der Waals surface area (Å²) in [6.45, 7) is 5.83. The summed E-state index contributed by atoms with van der Waals surface area (Å²) >= 11 is 0. The highest BCUT2D eigenvalue weighted by Crippen LogP contribution is 2.19. The number of anilines is 1. The number of nitrogens with one attached hydrogen (secondary N) is 2. The first-order valence-electron chi connectivity index (χ1n) is 7.50. The van der Waals surface area contributed by atoms with E-state index >= 15 is 0 Å². The van der Waals surface area contributed by atoms with Crippen molar-refractivity contribution in [3.05, 3.63) is 29.8 Å². The van der Waals surface area contributed by atoms with E-state index in [0.29, 0.717) is 24.3 Å². The number of Topliss-reactive ketones (excluding diaryl/α,β-unsaturated/α-hetero) is 1. The fraction of sp³-hybridized carbons (Fsp3) is 0.471. The van der Waals surface area contributed by atoms with Crippen LogP contribution in [-0.4, -0.2) is 49.7 Å². The van der Waals surface area contributed by atoms with Gasteiger partial charge in [0.2, 0.25) is 11.8 Å². The maximum atomic E-state index is 12.3. The van der Waals surface area contributed by atoms with E-state index in [1.165, 1.54) is 6.92 Å². The second kappa shape index (κ2) is 7.87. The van der Waals surface area contributed by atoms with Crippen molar-refractivity contribution >= 4 is 23.3 Å². The van der Waals surface area contributed by atoms with Gasteiger partial charge in [-0.3, -0.25) is 14.4 Å². The van der Waals surface area contributed by atoms with Crippen LogP contribution in [0.1, 0.15) is 31.1 Å². The molecule has 126 valence electrons. The molecule has 2 amide bonds. The smallest absolute Gasteiger partial charge is 0.239 e. The molecule has 6 nitrogen and oxygen atoms in total. The van der Waals surface area contributed by atoms with E-state index in [2.05, 4.69) is 10.6 Å². The third-order valence-electron chi connectivity index (χ3n) is 3.53. The minimum absolute atomic E-state index is 0.0384. The van der Waals surface area contributed by atoms with E-state index in [-0.39, 0.29) is 11.7 Å². The number of benzene rings is 1. The van der Waals surface area contributed by atoms with E-state index in [9.17, 15) is 14.4 Å². The van der Waals surface area contributed by atoms with Crippen LogP contribution in [-0.2, 0) is 9.59 Å². The van der Waals surface area contributed by atoms with Crippen molar-refractivity contribution in [2.75, 3.05) is 32.5 Å². The number of carbonyl (C=O) groups excluding carboxylic acids is 3. The van der Waals surface area contributed by atoms with Gasteiger partial charge in [-0.25, -0.2) is 0 Å². The summed E-state index contributed by atoms with van der Waals surface area (Å²) in [7, 11) is 3.82. The monoisotopic (exact) mass is 319 g/mol. The first-order chi connectivity index (χ1) is 10.6. The lowest BCUT2D eigenvalue weighted by Crippen LogP contribution is -2.46. The van der Waals surface area contributed by atoms with Crippen molar-refractivity contribution in [2.45, 2.75) is 20.8 Å². The Morgan fingerprint density at radius 2 is 1.61 bits per heavy atom. The maximum absolute atomic E-state index is 12.3. The van der Waals surface area contributed by atoms with Crippen LogP contribution in [0, 0.1) is 5.41 Å². The van der Waals surface area contributed by atoms with Crippen LogP contribution in [0.3, 0.4) is 0 Å². The van der Waals surface area contributed by atoms with E-state index in [1.807, 2.05) is 19.0 Å². The molecule has 0 unspecified atom stereocenters. The van der Waals surface area contributed by atoms with Gasteiger partial charge in [0.1, 0.15) is 5.41 Å². The van der Waals surface area contributed by atoms with Gasteiger partial charge in [0, 0.05) is 24.3 Å². The summed E-state index contributed by atoms with van der Waals surface area (Å²) in [6.07, 6.45) is 0. The van der Waals surface area contributed by atoms with Crippen molar-refractivity contribution in [2.24, 2.45) is 5.41 Å². The van der Waals surface area contributed by atoms with Crippen molar-refractivity contribution < 1.29 is 14.4 Å². The van der Waals surface area contributed by atoms with Crippen LogP contribution in [0.2, 0.25) is 0 Å². The van der Waals surface area contributed by atoms with Gasteiger partial charge in [0.05, 0.1) is 0 Å². The lowest BCUT2D eigenvalue weighted by atomic mass is 9.91. The summed E-state index contributed by atoms with van der Waals surface area (Å²) in [4.78, 5) is 37.7. The molecule has 1 aromatic carbocycles. The van der Waals surface area contributed by atoms with Crippen LogP contribution >= 0.6 is 0 Å². The molecule has 6 heteroatoms. The summed E-state index contributed by atoms with van der Waals surface area (Å²) in [5.74, 6) is -0.754. The number of hydrogen-bond acceptors (Lipinski definition) is 4. The normalized spacial score (nSPS) is 11.2. The highest BCUT2D eigenvalue weighted by Gasteiger charge is 2.35. The molecule has 1 rings (SSSR count). The molecule has 0 atom stereocenters. The van der Waals surface area contributed by atoms with Crippen molar-refractivity contribution in [1.82, 2.24) is 10.2 Å². The summed E-state index contributed by atoms with van der Waals surface area (Å²) in [5.41, 5.74) is -0.0659.